The second kappa shape index (κ2) is 4.67. The zero-order valence-corrected chi connectivity index (χ0v) is 11.0. The fourth-order valence-electron chi connectivity index (χ4n) is 3.05. The summed E-state index contributed by atoms with van der Waals surface area (Å²) in [4.78, 5) is 0. The van der Waals surface area contributed by atoms with Crippen molar-refractivity contribution < 1.29 is 5.11 Å². The van der Waals surface area contributed by atoms with Crippen LogP contribution in [0.15, 0.2) is 61.2 Å². The maximum absolute atomic E-state index is 11.2. The predicted octanol–water partition coefficient (Wildman–Crippen LogP) is 3.60. The van der Waals surface area contributed by atoms with Gasteiger partial charge in [-0.15, -0.1) is 0 Å². The van der Waals surface area contributed by atoms with Crippen LogP contribution in [0.25, 0.3) is 0 Å². The topological polar surface area (TPSA) is 20.2 Å². The minimum atomic E-state index is -1.08. The minimum absolute atomic E-state index is 0.970. The predicted molar refractivity (Wildman–Crippen MR) is 78.1 cm³/mol. The lowest BCUT2D eigenvalue weighted by Crippen LogP contribution is -2.28. The van der Waals surface area contributed by atoms with Gasteiger partial charge in [-0.1, -0.05) is 61.2 Å². The number of rotatable bonds is 1. The molecule has 0 amide bonds. The molecule has 0 spiro atoms. The lowest BCUT2D eigenvalue weighted by molar-refractivity contribution is 0.132. The van der Waals surface area contributed by atoms with Gasteiger partial charge in [0.05, 0.1) is 0 Å². The Labute approximate surface area is 114 Å². The lowest BCUT2D eigenvalue weighted by atomic mass is 9.77. The average Bonchev–Trinajstić information content (AvgIpc) is 2.46. The first-order valence-electron chi connectivity index (χ1n) is 6.78. The molecule has 0 bridgehead atoms. The molecule has 0 unspecified atom stereocenters. The van der Waals surface area contributed by atoms with Gasteiger partial charge in [0.15, 0.2) is 0 Å². The molecule has 1 heteroatoms. The van der Waals surface area contributed by atoms with E-state index in [9.17, 15) is 5.11 Å². The van der Waals surface area contributed by atoms with Crippen molar-refractivity contribution in [1.82, 2.24) is 0 Å². The molecule has 1 nitrogen and oxygen atoms in total. The van der Waals surface area contributed by atoms with E-state index in [1.165, 1.54) is 11.1 Å². The molecule has 0 aromatic heterocycles. The van der Waals surface area contributed by atoms with Crippen LogP contribution < -0.4 is 0 Å². The van der Waals surface area contributed by atoms with Gasteiger partial charge in [0.1, 0.15) is 5.60 Å². The summed E-state index contributed by atoms with van der Waals surface area (Å²) < 4.78 is 0. The fraction of sp³-hybridized carbons (Fsp3) is 0.222. The largest absolute Gasteiger partial charge is 0.377 e. The summed E-state index contributed by atoms with van der Waals surface area (Å²) in [5, 5.41) is 11.2. The molecular formula is C18H18O. The van der Waals surface area contributed by atoms with Gasteiger partial charge in [0, 0.05) is 0 Å². The quantitative estimate of drug-likeness (QED) is 0.767. The molecule has 0 heterocycles. The number of aryl methyl sites for hydroxylation is 2. The van der Waals surface area contributed by atoms with Crippen LogP contribution in [-0.2, 0) is 18.4 Å². The van der Waals surface area contributed by atoms with Gasteiger partial charge >= 0.3 is 0 Å². The van der Waals surface area contributed by atoms with Gasteiger partial charge in [-0.2, -0.15) is 0 Å². The van der Waals surface area contributed by atoms with E-state index in [0.29, 0.717) is 0 Å². The number of hydrogen-bond acceptors (Lipinski definition) is 1. The van der Waals surface area contributed by atoms with E-state index in [0.717, 1.165) is 30.4 Å². The van der Waals surface area contributed by atoms with Crippen molar-refractivity contribution in [3.63, 3.8) is 0 Å². The highest BCUT2D eigenvalue weighted by Gasteiger charge is 2.32. The molecule has 19 heavy (non-hydrogen) atoms. The van der Waals surface area contributed by atoms with Crippen molar-refractivity contribution in [3.8, 4) is 0 Å². The van der Waals surface area contributed by atoms with E-state index in [4.69, 9.17) is 0 Å². The first-order chi connectivity index (χ1) is 9.25. The van der Waals surface area contributed by atoms with Crippen LogP contribution in [0.4, 0.5) is 0 Å². The normalized spacial score (nSPS) is 16.7. The van der Waals surface area contributed by atoms with Crippen LogP contribution in [0.1, 0.15) is 28.7 Å². The van der Waals surface area contributed by atoms with Crippen LogP contribution in [0.3, 0.4) is 0 Å². The number of hydrogen-bond donors (Lipinski definition) is 1. The minimum Gasteiger partial charge on any atom is -0.377 e. The summed E-state index contributed by atoms with van der Waals surface area (Å²) >= 11 is 0. The molecule has 0 fully saturated rings. The van der Waals surface area contributed by atoms with Crippen molar-refractivity contribution in [2.75, 3.05) is 0 Å². The van der Waals surface area contributed by atoms with Gasteiger partial charge in [-0.3, -0.25) is 0 Å². The molecule has 0 aliphatic heterocycles. The summed E-state index contributed by atoms with van der Waals surface area (Å²) in [6, 6.07) is 16.3. The lowest BCUT2D eigenvalue weighted by Gasteiger charge is -2.32. The summed E-state index contributed by atoms with van der Waals surface area (Å²) in [6.07, 6.45) is 4.78. The number of benzene rings is 2. The summed E-state index contributed by atoms with van der Waals surface area (Å²) in [7, 11) is 0. The Morgan fingerprint density at radius 2 is 1.37 bits per heavy atom. The van der Waals surface area contributed by atoms with Crippen molar-refractivity contribution in [3.05, 3.63) is 83.4 Å². The summed E-state index contributed by atoms with van der Waals surface area (Å²) in [6.45, 7) is 3.88. The second-order valence-corrected chi connectivity index (χ2v) is 5.14. The monoisotopic (exact) mass is 250 g/mol. The van der Waals surface area contributed by atoms with E-state index in [1.54, 1.807) is 6.08 Å². The van der Waals surface area contributed by atoms with E-state index in [2.05, 4.69) is 18.7 Å². The van der Waals surface area contributed by atoms with Gasteiger partial charge in [-0.05, 0) is 41.5 Å². The van der Waals surface area contributed by atoms with E-state index < -0.39 is 5.60 Å². The van der Waals surface area contributed by atoms with Crippen LogP contribution in [0.5, 0.6) is 0 Å². The van der Waals surface area contributed by atoms with Gasteiger partial charge in [0.25, 0.3) is 0 Å². The molecule has 0 saturated heterocycles. The van der Waals surface area contributed by atoms with E-state index in [-0.39, 0.29) is 0 Å². The Morgan fingerprint density at radius 3 is 1.84 bits per heavy atom. The molecular weight excluding hydrogens is 232 g/mol. The first-order valence-corrected chi connectivity index (χ1v) is 6.78. The molecule has 96 valence electrons. The van der Waals surface area contributed by atoms with Crippen LogP contribution >= 0.6 is 0 Å². The van der Waals surface area contributed by atoms with Crippen molar-refractivity contribution in [2.24, 2.45) is 0 Å². The number of fused-ring (bicyclic) bond motifs is 2. The Balaban J connectivity index is 2.29. The molecule has 2 aromatic rings. The molecule has 3 rings (SSSR count). The molecule has 1 aliphatic carbocycles. The van der Waals surface area contributed by atoms with Gasteiger partial charge in [-0.25, -0.2) is 0 Å². The van der Waals surface area contributed by atoms with E-state index >= 15 is 0 Å². The highest BCUT2D eigenvalue weighted by atomic mass is 16.3. The summed E-state index contributed by atoms with van der Waals surface area (Å²) in [5.74, 6) is 0. The Bertz CT molecular complexity index is 565. The SMILES string of the molecule is C=CC1(O)c2ccccc2CCCc2ccccc21. The third-order valence-corrected chi connectivity index (χ3v) is 4.04. The Kier molecular flexibility index (Phi) is 3.00. The molecule has 0 atom stereocenters. The zero-order chi connectivity index (χ0) is 13.3. The van der Waals surface area contributed by atoms with Crippen molar-refractivity contribution in [2.45, 2.75) is 24.9 Å². The van der Waals surface area contributed by atoms with Gasteiger partial charge < -0.3 is 5.11 Å². The molecule has 1 N–H and O–H groups in total. The van der Waals surface area contributed by atoms with E-state index in [1.807, 2.05) is 36.4 Å². The third kappa shape index (κ3) is 1.91. The maximum Gasteiger partial charge on any atom is 0.133 e. The Morgan fingerprint density at radius 1 is 0.895 bits per heavy atom. The standard InChI is InChI=1S/C18H18O/c1-2-18(19)16-12-5-3-8-14(16)10-7-11-15-9-4-6-13-17(15)18/h2-6,8-9,12-13,19H,1,7,10-11H2. The molecule has 2 aromatic carbocycles. The van der Waals surface area contributed by atoms with Crippen LogP contribution in [-0.4, -0.2) is 5.11 Å². The third-order valence-electron chi connectivity index (χ3n) is 4.04. The van der Waals surface area contributed by atoms with Gasteiger partial charge in [0.2, 0.25) is 0 Å². The average molecular weight is 250 g/mol. The van der Waals surface area contributed by atoms with Crippen LogP contribution in [0.2, 0.25) is 0 Å². The second-order valence-electron chi connectivity index (χ2n) is 5.14. The molecule has 0 radical (unpaired) electrons. The summed E-state index contributed by atoms with van der Waals surface area (Å²) in [5.41, 5.74) is 3.31. The number of aliphatic hydroxyl groups is 1. The van der Waals surface area contributed by atoms with Crippen molar-refractivity contribution in [1.29, 1.82) is 0 Å². The molecule has 0 saturated carbocycles. The highest BCUT2D eigenvalue weighted by Crippen LogP contribution is 2.37. The smallest absolute Gasteiger partial charge is 0.133 e. The molecule has 1 aliphatic rings. The highest BCUT2D eigenvalue weighted by molar-refractivity contribution is 5.48. The first kappa shape index (κ1) is 12.2. The Hall–Kier alpha value is -1.86. The zero-order valence-electron chi connectivity index (χ0n) is 11.0. The van der Waals surface area contributed by atoms with Crippen LogP contribution in [0, 0.1) is 0 Å². The van der Waals surface area contributed by atoms with Crippen molar-refractivity contribution >= 4 is 0 Å². The maximum atomic E-state index is 11.2. The fourth-order valence-corrected chi connectivity index (χ4v) is 3.05.